The van der Waals surface area contributed by atoms with Gasteiger partial charge in [0.25, 0.3) is 5.91 Å². The third kappa shape index (κ3) is 2.98. The summed E-state index contributed by atoms with van der Waals surface area (Å²) in [5.74, 6) is 2.04. The number of amides is 1. The Labute approximate surface area is 126 Å². The summed E-state index contributed by atoms with van der Waals surface area (Å²) >= 11 is 0. The van der Waals surface area contributed by atoms with Gasteiger partial charge in [-0.25, -0.2) is 0 Å². The van der Waals surface area contributed by atoms with Crippen molar-refractivity contribution in [2.45, 2.75) is 44.2 Å². The highest BCUT2D eigenvalue weighted by Crippen LogP contribution is 2.44. The average Bonchev–Trinajstić information content (AvgIpc) is 3.45. The molecule has 3 heteroatoms. The normalized spacial score (nSPS) is 25.6. The second-order valence-electron chi connectivity index (χ2n) is 6.97. The van der Waals surface area contributed by atoms with E-state index in [-0.39, 0.29) is 5.91 Å². The lowest BCUT2D eigenvalue weighted by Gasteiger charge is -2.23. The Morgan fingerprint density at radius 1 is 1.05 bits per heavy atom. The van der Waals surface area contributed by atoms with Crippen LogP contribution in [0.3, 0.4) is 0 Å². The molecule has 0 bridgehead atoms. The molecule has 4 rings (SSSR count). The predicted molar refractivity (Wildman–Crippen MR) is 83.1 cm³/mol. The molecular formula is C18H24N2O. The molecule has 1 aromatic rings. The Hall–Kier alpha value is -1.35. The number of rotatable bonds is 5. The lowest BCUT2D eigenvalue weighted by atomic mass is 10.1. The largest absolute Gasteiger partial charge is 0.337 e. The highest BCUT2D eigenvalue weighted by molar-refractivity contribution is 5.94. The molecule has 2 saturated carbocycles. The minimum absolute atomic E-state index is 0.189. The Kier molecular flexibility index (Phi) is 3.46. The third-order valence-corrected chi connectivity index (χ3v) is 5.18. The first-order valence-electron chi connectivity index (χ1n) is 8.41. The van der Waals surface area contributed by atoms with E-state index in [0.717, 1.165) is 43.0 Å². The Bertz CT molecular complexity index is 495. The van der Waals surface area contributed by atoms with E-state index < -0.39 is 0 Å². The summed E-state index contributed by atoms with van der Waals surface area (Å²) in [7, 11) is 0. The van der Waals surface area contributed by atoms with Crippen LogP contribution in [-0.2, 0) is 0 Å². The number of nitrogens with one attached hydrogen (secondary N) is 1. The standard InChI is InChI=1S/C18H24N2O/c21-18(15-4-2-1-3-5-15)20-11-10-16(12-20)19-17(13-6-7-13)14-8-9-14/h1-5,13-14,16-17,19H,6-12H2. The van der Waals surface area contributed by atoms with Crippen LogP contribution in [0.5, 0.6) is 0 Å². The molecule has 2 aliphatic carbocycles. The molecule has 1 aliphatic heterocycles. The maximum atomic E-state index is 12.5. The van der Waals surface area contributed by atoms with E-state index >= 15 is 0 Å². The summed E-state index contributed by atoms with van der Waals surface area (Å²) in [4.78, 5) is 14.5. The zero-order valence-electron chi connectivity index (χ0n) is 12.5. The molecular weight excluding hydrogens is 260 g/mol. The van der Waals surface area contributed by atoms with Crippen LogP contribution in [0.4, 0.5) is 0 Å². The number of carbonyl (C=O) groups excluding carboxylic acids is 1. The topological polar surface area (TPSA) is 32.3 Å². The molecule has 3 fully saturated rings. The highest BCUT2D eigenvalue weighted by Gasteiger charge is 2.43. The summed E-state index contributed by atoms with van der Waals surface area (Å²) in [6, 6.07) is 10.9. The maximum Gasteiger partial charge on any atom is 0.253 e. The maximum absolute atomic E-state index is 12.5. The van der Waals surface area contributed by atoms with Gasteiger partial charge < -0.3 is 10.2 Å². The fourth-order valence-corrected chi connectivity index (χ4v) is 3.68. The van der Waals surface area contributed by atoms with Gasteiger partial charge in [0.2, 0.25) is 0 Å². The summed E-state index contributed by atoms with van der Waals surface area (Å²) in [6.45, 7) is 1.77. The Morgan fingerprint density at radius 2 is 1.71 bits per heavy atom. The van der Waals surface area contributed by atoms with Crippen molar-refractivity contribution in [3.05, 3.63) is 35.9 Å². The molecule has 3 aliphatic rings. The van der Waals surface area contributed by atoms with Crippen molar-refractivity contribution < 1.29 is 4.79 Å². The van der Waals surface area contributed by atoms with Crippen molar-refractivity contribution in [2.24, 2.45) is 11.8 Å². The molecule has 0 spiro atoms. The lowest BCUT2D eigenvalue weighted by molar-refractivity contribution is 0.0788. The van der Waals surface area contributed by atoms with Crippen LogP contribution in [0.2, 0.25) is 0 Å². The van der Waals surface area contributed by atoms with Gasteiger partial charge in [-0.1, -0.05) is 18.2 Å². The van der Waals surface area contributed by atoms with Crippen LogP contribution in [0, 0.1) is 11.8 Å². The van der Waals surface area contributed by atoms with Crippen LogP contribution >= 0.6 is 0 Å². The smallest absolute Gasteiger partial charge is 0.253 e. The minimum Gasteiger partial charge on any atom is -0.337 e. The lowest BCUT2D eigenvalue weighted by Crippen LogP contribution is -2.43. The van der Waals surface area contributed by atoms with Gasteiger partial charge in [0.15, 0.2) is 0 Å². The molecule has 0 radical (unpaired) electrons. The molecule has 1 atom stereocenters. The molecule has 21 heavy (non-hydrogen) atoms. The number of likely N-dealkylation sites (tertiary alicyclic amines) is 1. The summed E-state index contributed by atoms with van der Waals surface area (Å²) in [6.07, 6.45) is 6.75. The Morgan fingerprint density at radius 3 is 2.33 bits per heavy atom. The monoisotopic (exact) mass is 284 g/mol. The van der Waals surface area contributed by atoms with Crippen LogP contribution < -0.4 is 5.32 Å². The first-order chi connectivity index (χ1) is 10.3. The SMILES string of the molecule is O=C(c1ccccc1)N1CCC(NC(C2CC2)C2CC2)C1. The van der Waals surface area contributed by atoms with E-state index in [1.807, 2.05) is 35.2 Å². The van der Waals surface area contributed by atoms with Crippen molar-refractivity contribution in [1.82, 2.24) is 10.2 Å². The molecule has 1 saturated heterocycles. The van der Waals surface area contributed by atoms with E-state index in [4.69, 9.17) is 0 Å². The van der Waals surface area contributed by atoms with Gasteiger partial charge in [-0.05, 0) is 56.1 Å². The van der Waals surface area contributed by atoms with Gasteiger partial charge in [0, 0.05) is 30.7 Å². The molecule has 112 valence electrons. The van der Waals surface area contributed by atoms with E-state index in [1.54, 1.807) is 0 Å². The van der Waals surface area contributed by atoms with Gasteiger partial charge in [0.1, 0.15) is 0 Å². The molecule has 1 amide bonds. The molecule has 1 aromatic carbocycles. The highest BCUT2D eigenvalue weighted by atomic mass is 16.2. The molecule has 1 N–H and O–H groups in total. The molecule has 0 aromatic heterocycles. The first kappa shape index (κ1) is 13.3. The number of nitrogens with zero attached hydrogens (tertiary/aromatic N) is 1. The quantitative estimate of drug-likeness (QED) is 0.901. The predicted octanol–water partition coefficient (Wildman–Crippen LogP) is 2.68. The third-order valence-electron chi connectivity index (χ3n) is 5.18. The van der Waals surface area contributed by atoms with Crippen molar-refractivity contribution in [3.63, 3.8) is 0 Å². The summed E-state index contributed by atoms with van der Waals surface area (Å²) in [5, 5.41) is 3.88. The van der Waals surface area contributed by atoms with Crippen LogP contribution in [-0.4, -0.2) is 36.0 Å². The number of hydrogen-bond donors (Lipinski definition) is 1. The Balaban J connectivity index is 1.35. The second kappa shape index (κ2) is 5.45. The van der Waals surface area contributed by atoms with Gasteiger partial charge in [-0.15, -0.1) is 0 Å². The van der Waals surface area contributed by atoms with Crippen molar-refractivity contribution in [1.29, 1.82) is 0 Å². The fourth-order valence-electron chi connectivity index (χ4n) is 3.68. The average molecular weight is 284 g/mol. The van der Waals surface area contributed by atoms with Crippen LogP contribution in [0.1, 0.15) is 42.5 Å². The minimum atomic E-state index is 0.189. The molecule has 1 unspecified atom stereocenters. The van der Waals surface area contributed by atoms with E-state index in [1.165, 1.54) is 25.7 Å². The first-order valence-corrected chi connectivity index (χ1v) is 8.41. The van der Waals surface area contributed by atoms with Gasteiger partial charge in [-0.2, -0.15) is 0 Å². The van der Waals surface area contributed by atoms with Crippen LogP contribution in [0.25, 0.3) is 0 Å². The summed E-state index contributed by atoms with van der Waals surface area (Å²) < 4.78 is 0. The number of carbonyl (C=O) groups is 1. The van der Waals surface area contributed by atoms with Gasteiger partial charge in [0.05, 0.1) is 0 Å². The van der Waals surface area contributed by atoms with E-state index in [2.05, 4.69) is 5.32 Å². The van der Waals surface area contributed by atoms with E-state index in [0.29, 0.717) is 6.04 Å². The van der Waals surface area contributed by atoms with Crippen LogP contribution in [0.15, 0.2) is 30.3 Å². The zero-order chi connectivity index (χ0) is 14.2. The summed E-state index contributed by atoms with van der Waals surface area (Å²) in [5.41, 5.74) is 0.819. The fraction of sp³-hybridized carbons (Fsp3) is 0.611. The van der Waals surface area contributed by atoms with Crippen molar-refractivity contribution >= 4 is 5.91 Å². The van der Waals surface area contributed by atoms with Gasteiger partial charge in [-0.3, -0.25) is 4.79 Å². The molecule has 1 heterocycles. The molecule has 3 nitrogen and oxygen atoms in total. The van der Waals surface area contributed by atoms with Crippen molar-refractivity contribution in [3.8, 4) is 0 Å². The van der Waals surface area contributed by atoms with Gasteiger partial charge >= 0.3 is 0 Å². The van der Waals surface area contributed by atoms with E-state index in [9.17, 15) is 4.79 Å². The zero-order valence-corrected chi connectivity index (χ0v) is 12.5. The van der Waals surface area contributed by atoms with Crippen molar-refractivity contribution in [2.75, 3.05) is 13.1 Å². The number of benzene rings is 1. The second-order valence-corrected chi connectivity index (χ2v) is 6.97. The number of hydrogen-bond acceptors (Lipinski definition) is 2.